The zero-order valence-corrected chi connectivity index (χ0v) is 12.1. The number of halogens is 1. The first-order valence-corrected chi connectivity index (χ1v) is 7.65. The van der Waals surface area contributed by atoms with Crippen LogP contribution in [0.1, 0.15) is 50.7 Å². The summed E-state index contributed by atoms with van der Waals surface area (Å²) in [7, 11) is 0. The first kappa shape index (κ1) is 13.3. The molecule has 1 aliphatic heterocycles. The zero-order chi connectivity index (χ0) is 13.4. The van der Waals surface area contributed by atoms with Crippen LogP contribution in [0.2, 0.25) is 5.02 Å². The normalized spacial score (nSPS) is 34.5. The molecule has 2 nitrogen and oxygen atoms in total. The first-order chi connectivity index (χ1) is 9.13. The fourth-order valence-electron chi connectivity index (χ4n) is 3.55. The third-order valence-electron chi connectivity index (χ3n) is 4.57. The van der Waals surface area contributed by atoms with Crippen LogP contribution >= 0.6 is 11.6 Å². The van der Waals surface area contributed by atoms with Gasteiger partial charge in [0.15, 0.2) is 0 Å². The zero-order valence-electron chi connectivity index (χ0n) is 11.3. The van der Waals surface area contributed by atoms with Gasteiger partial charge in [-0.3, -0.25) is 0 Å². The molecule has 3 rings (SSSR count). The largest absolute Gasteiger partial charge is 0.490 e. The quantitative estimate of drug-likeness (QED) is 0.829. The summed E-state index contributed by atoms with van der Waals surface area (Å²) in [6, 6.07) is 5.54. The van der Waals surface area contributed by atoms with E-state index in [9.17, 15) is 5.11 Å². The Bertz CT molecular complexity index is 460. The maximum absolute atomic E-state index is 10.3. The van der Waals surface area contributed by atoms with Gasteiger partial charge < -0.3 is 9.84 Å². The molecule has 4 atom stereocenters. The molecule has 1 saturated carbocycles. The molecule has 1 aromatic rings. The van der Waals surface area contributed by atoms with Gasteiger partial charge in [-0.1, -0.05) is 31.4 Å². The molecular weight excluding hydrogens is 260 g/mol. The van der Waals surface area contributed by atoms with Gasteiger partial charge in [-0.05, 0) is 42.9 Å². The van der Waals surface area contributed by atoms with Crippen LogP contribution in [0, 0.1) is 11.8 Å². The minimum absolute atomic E-state index is 0.159. The van der Waals surface area contributed by atoms with Crippen molar-refractivity contribution in [1.29, 1.82) is 0 Å². The van der Waals surface area contributed by atoms with E-state index in [0.717, 1.165) is 17.2 Å². The monoisotopic (exact) mass is 280 g/mol. The molecule has 0 radical (unpaired) electrons. The lowest BCUT2D eigenvalue weighted by atomic mass is 9.77. The lowest BCUT2D eigenvalue weighted by Gasteiger charge is -2.38. The highest BCUT2D eigenvalue weighted by atomic mass is 35.5. The third-order valence-corrected chi connectivity index (χ3v) is 4.80. The second kappa shape index (κ2) is 5.34. The molecule has 3 heteroatoms. The van der Waals surface area contributed by atoms with Crippen molar-refractivity contribution >= 4 is 11.6 Å². The van der Waals surface area contributed by atoms with Crippen molar-refractivity contribution < 1.29 is 9.84 Å². The van der Waals surface area contributed by atoms with E-state index >= 15 is 0 Å². The van der Waals surface area contributed by atoms with E-state index < -0.39 is 6.10 Å². The van der Waals surface area contributed by atoms with Crippen molar-refractivity contribution in [1.82, 2.24) is 0 Å². The summed E-state index contributed by atoms with van der Waals surface area (Å²) in [4.78, 5) is 0. The Morgan fingerprint density at radius 3 is 2.89 bits per heavy atom. The topological polar surface area (TPSA) is 29.5 Å². The molecule has 1 aliphatic carbocycles. The van der Waals surface area contributed by atoms with Gasteiger partial charge >= 0.3 is 0 Å². The van der Waals surface area contributed by atoms with Crippen LogP contribution in [0.15, 0.2) is 18.2 Å². The Kier molecular flexibility index (Phi) is 3.72. The molecule has 0 amide bonds. The van der Waals surface area contributed by atoms with Crippen LogP contribution < -0.4 is 4.74 Å². The maximum Gasteiger partial charge on any atom is 0.125 e. The number of benzene rings is 1. The molecule has 1 N–H and O–H groups in total. The fraction of sp³-hybridized carbons (Fsp3) is 0.625. The summed E-state index contributed by atoms with van der Waals surface area (Å²) in [6.07, 6.45) is 5.49. The van der Waals surface area contributed by atoms with Crippen molar-refractivity contribution in [2.75, 3.05) is 0 Å². The second-order valence-electron chi connectivity index (χ2n) is 6.12. The lowest BCUT2D eigenvalue weighted by molar-refractivity contribution is 0.0172. The molecule has 1 aromatic carbocycles. The number of fused-ring (bicyclic) bond motifs is 1. The van der Waals surface area contributed by atoms with Gasteiger partial charge in [-0.25, -0.2) is 0 Å². The van der Waals surface area contributed by atoms with Crippen molar-refractivity contribution in [3.63, 3.8) is 0 Å². The van der Waals surface area contributed by atoms with E-state index in [0.29, 0.717) is 17.4 Å². The summed E-state index contributed by atoms with van der Waals surface area (Å²) in [6.45, 7) is 2.32. The van der Waals surface area contributed by atoms with E-state index in [-0.39, 0.29) is 6.10 Å². The van der Waals surface area contributed by atoms with Crippen molar-refractivity contribution in [2.24, 2.45) is 11.8 Å². The number of aliphatic hydroxyl groups is 1. The molecule has 2 aliphatic rings. The molecule has 1 fully saturated rings. The van der Waals surface area contributed by atoms with E-state index in [1.54, 1.807) is 0 Å². The summed E-state index contributed by atoms with van der Waals surface area (Å²) >= 11 is 5.98. The Hall–Kier alpha value is -0.730. The van der Waals surface area contributed by atoms with E-state index in [1.165, 1.54) is 25.7 Å². The summed E-state index contributed by atoms with van der Waals surface area (Å²) in [5.41, 5.74) is 0.840. The molecule has 1 heterocycles. The second-order valence-corrected chi connectivity index (χ2v) is 6.56. The van der Waals surface area contributed by atoms with Crippen LogP contribution in [-0.2, 0) is 0 Å². The van der Waals surface area contributed by atoms with Crippen LogP contribution in [0.25, 0.3) is 0 Å². The third kappa shape index (κ3) is 2.75. The highest BCUT2D eigenvalue weighted by Gasteiger charge is 2.34. The van der Waals surface area contributed by atoms with Crippen molar-refractivity contribution in [3.8, 4) is 5.75 Å². The van der Waals surface area contributed by atoms with Crippen molar-refractivity contribution in [3.05, 3.63) is 28.8 Å². The number of hydrogen-bond donors (Lipinski definition) is 1. The van der Waals surface area contributed by atoms with Crippen LogP contribution in [0.3, 0.4) is 0 Å². The maximum atomic E-state index is 10.3. The molecule has 104 valence electrons. The fourth-order valence-corrected chi connectivity index (χ4v) is 3.73. The van der Waals surface area contributed by atoms with Gasteiger partial charge in [0.1, 0.15) is 11.9 Å². The highest BCUT2D eigenvalue weighted by Crippen LogP contribution is 2.42. The van der Waals surface area contributed by atoms with Gasteiger partial charge in [-0.15, -0.1) is 0 Å². The SMILES string of the molecule is CC1CCCC(C2C[C@H](O)c3cc(Cl)ccc3O2)C1. The molecule has 0 saturated heterocycles. The van der Waals surface area contributed by atoms with E-state index in [1.807, 2.05) is 18.2 Å². The van der Waals surface area contributed by atoms with E-state index in [2.05, 4.69) is 6.92 Å². The molecule has 0 aromatic heterocycles. The predicted octanol–water partition coefficient (Wildman–Crippen LogP) is 4.35. The lowest BCUT2D eigenvalue weighted by Crippen LogP contribution is -2.35. The average Bonchev–Trinajstić information content (AvgIpc) is 2.39. The van der Waals surface area contributed by atoms with Gasteiger partial charge in [0.25, 0.3) is 0 Å². The molecule has 0 bridgehead atoms. The van der Waals surface area contributed by atoms with Crippen molar-refractivity contribution in [2.45, 2.75) is 51.2 Å². The summed E-state index contributed by atoms with van der Waals surface area (Å²) in [5, 5.41) is 11.0. The van der Waals surface area contributed by atoms with Gasteiger partial charge in [-0.2, -0.15) is 0 Å². The smallest absolute Gasteiger partial charge is 0.125 e. The Balaban J connectivity index is 1.79. The van der Waals surface area contributed by atoms with Gasteiger partial charge in [0, 0.05) is 17.0 Å². The highest BCUT2D eigenvalue weighted by molar-refractivity contribution is 6.30. The molecule has 19 heavy (non-hydrogen) atoms. The average molecular weight is 281 g/mol. The molecule has 0 spiro atoms. The summed E-state index contributed by atoms with van der Waals surface area (Å²) < 4.78 is 6.13. The standard InChI is InChI=1S/C16H21ClO2/c1-10-3-2-4-11(7-10)16-9-14(18)13-8-12(17)5-6-15(13)19-16/h5-6,8,10-11,14,16,18H,2-4,7,9H2,1H3/t10?,11?,14-,16?/m0/s1. The molecule has 3 unspecified atom stereocenters. The van der Waals surface area contributed by atoms with Gasteiger partial charge in [0.05, 0.1) is 6.10 Å². The first-order valence-electron chi connectivity index (χ1n) is 7.27. The molecular formula is C16H21ClO2. The number of aliphatic hydroxyl groups excluding tert-OH is 1. The van der Waals surface area contributed by atoms with Crippen LogP contribution in [0.4, 0.5) is 0 Å². The number of hydrogen-bond acceptors (Lipinski definition) is 2. The number of rotatable bonds is 1. The Morgan fingerprint density at radius 2 is 2.11 bits per heavy atom. The Morgan fingerprint density at radius 1 is 1.26 bits per heavy atom. The summed E-state index contributed by atoms with van der Waals surface area (Å²) in [5.74, 6) is 2.18. The predicted molar refractivity (Wildman–Crippen MR) is 76.6 cm³/mol. The van der Waals surface area contributed by atoms with E-state index in [4.69, 9.17) is 16.3 Å². The van der Waals surface area contributed by atoms with Crippen LogP contribution in [-0.4, -0.2) is 11.2 Å². The Labute approximate surface area is 119 Å². The number of ether oxygens (including phenoxy) is 1. The van der Waals surface area contributed by atoms with Crippen LogP contribution in [0.5, 0.6) is 5.75 Å². The minimum Gasteiger partial charge on any atom is -0.490 e. The van der Waals surface area contributed by atoms with Gasteiger partial charge in [0.2, 0.25) is 0 Å². The minimum atomic E-state index is -0.440.